The minimum Gasteiger partial charge on any atom is -0.450 e. The first-order valence-electron chi connectivity index (χ1n) is 7.75. The molecule has 134 valence electrons. The highest BCUT2D eigenvalue weighted by Crippen LogP contribution is 2.42. The van der Waals surface area contributed by atoms with Gasteiger partial charge in [0.15, 0.2) is 0 Å². The van der Waals surface area contributed by atoms with Crippen LogP contribution in [0.3, 0.4) is 0 Å². The Labute approximate surface area is 160 Å². The fraction of sp³-hybridized carbons (Fsp3) is 0.278. The Kier molecular flexibility index (Phi) is 6.87. The van der Waals surface area contributed by atoms with E-state index >= 15 is 0 Å². The van der Waals surface area contributed by atoms with Gasteiger partial charge in [-0.2, -0.15) is 0 Å². The lowest BCUT2D eigenvalue weighted by Crippen LogP contribution is -2.43. The van der Waals surface area contributed by atoms with Gasteiger partial charge in [-0.1, -0.05) is 30.0 Å². The van der Waals surface area contributed by atoms with Crippen molar-refractivity contribution in [3.05, 3.63) is 59.9 Å². The van der Waals surface area contributed by atoms with Gasteiger partial charge >= 0.3 is 6.16 Å². The van der Waals surface area contributed by atoms with Gasteiger partial charge in [-0.05, 0) is 43.4 Å². The highest BCUT2D eigenvalue weighted by molar-refractivity contribution is 8.93. The third-order valence-electron chi connectivity index (χ3n) is 4.11. The molecule has 2 aromatic carbocycles. The molecule has 1 saturated heterocycles. The van der Waals surface area contributed by atoms with Crippen LogP contribution in [0.2, 0.25) is 0 Å². The smallest absolute Gasteiger partial charge is 0.450 e. The van der Waals surface area contributed by atoms with E-state index in [0.29, 0.717) is 25.9 Å². The molecule has 4 nitrogen and oxygen atoms in total. The Bertz CT molecular complexity index is 721. The first-order valence-corrected chi connectivity index (χ1v) is 8.56. The van der Waals surface area contributed by atoms with Crippen molar-refractivity contribution < 1.29 is 19.0 Å². The second kappa shape index (κ2) is 8.69. The Morgan fingerprint density at radius 2 is 1.76 bits per heavy atom. The summed E-state index contributed by atoms with van der Waals surface area (Å²) < 4.78 is 18.5. The molecule has 0 atom stereocenters. The SMILES string of the molecule is Br.O=C(O)OC1(c2ccccc2Sc2ccc(F)cc2)CCNCC1. The largest absolute Gasteiger partial charge is 0.506 e. The maximum Gasteiger partial charge on any atom is 0.506 e. The zero-order chi connectivity index (χ0) is 17.0. The summed E-state index contributed by atoms with van der Waals surface area (Å²) in [7, 11) is 0. The summed E-state index contributed by atoms with van der Waals surface area (Å²) in [5.74, 6) is -0.281. The molecular formula is C18H19BrFNO3S. The van der Waals surface area contributed by atoms with Gasteiger partial charge in [0.25, 0.3) is 0 Å². The average molecular weight is 428 g/mol. The second-order valence-corrected chi connectivity index (χ2v) is 6.78. The number of benzene rings is 2. The van der Waals surface area contributed by atoms with Crippen molar-refractivity contribution in [3.8, 4) is 0 Å². The van der Waals surface area contributed by atoms with Crippen molar-refractivity contribution in [2.75, 3.05) is 13.1 Å². The zero-order valence-electron chi connectivity index (χ0n) is 13.4. The summed E-state index contributed by atoms with van der Waals surface area (Å²) >= 11 is 1.48. The van der Waals surface area contributed by atoms with E-state index < -0.39 is 11.8 Å². The van der Waals surface area contributed by atoms with Crippen molar-refractivity contribution in [3.63, 3.8) is 0 Å². The van der Waals surface area contributed by atoms with E-state index in [9.17, 15) is 14.3 Å². The molecule has 3 rings (SSSR count). The highest BCUT2D eigenvalue weighted by Gasteiger charge is 2.39. The molecule has 2 N–H and O–H groups in total. The molecule has 0 radical (unpaired) electrons. The summed E-state index contributed by atoms with van der Waals surface area (Å²) in [5, 5.41) is 12.4. The topological polar surface area (TPSA) is 58.6 Å². The van der Waals surface area contributed by atoms with Gasteiger partial charge in [0, 0.05) is 28.2 Å². The van der Waals surface area contributed by atoms with Crippen LogP contribution in [0.25, 0.3) is 0 Å². The normalized spacial score (nSPS) is 15.9. The van der Waals surface area contributed by atoms with Crippen LogP contribution < -0.4 is 5.32 Å². The second-order valence-electron chi connectivity index (χ2n) is 5.66. The van der Waals surface area contributed by atoms with Crippen molar-refractivity contribution >= 4 is 34.9 Å². The van der Waals surface area contributed by atoms with Gasteiger partial charge in [-0.15, -0.1) is 17.0 Å². The molecule has 1 fully saturated rings. The third-order valence-corrected chi connectivity index (χ3v) is 5.20. The van der Waals surface area contributed by atoms with E-state index in [1.165, 1.54) is 23.9 Å². The minimum atomic E-state index is -1.27. The molecule has 25 heavy (non-hydrogen) atoms. The van der Waals surface area contributed by atoms with Gasteiger partial charge in [0.1, 0.15) is 11.4 Å². The summed E-state index contributed by atoms with van der Waals surface area (Å²) in [4.78, 5) is 13.1. The van der Waals surface area contributed by atoms with E-state index in [0.717, 1.165) is 15.4 Å². The number of hydrogen-bond donors (Lipinski definition) is 2. The number of nitrogens with one attached hydrogen (secondary N) is 1. The summed E-state index contributed by atoms with van der Waals surface area (Å²) in [6.45, 7) is 1.39. The Morgan fingerprint density at radius 1 is 1.12 bits per heavy atom. The van der Waals surface area contributed by atoms with E-state index in [-0.39, 0.29) is 22.8 Å². The lowest BCUT2D eigenvalue weighted by molar-refractivity contribution is -0.0434. The molecule has 1 heterocycles. The molecule has 0 aliphatic carbocycles. The van der Waals surface area contributed by atoms with Crippen LogP contribution in [0.15, 0.2) is 58.3 Å². The average Bonchev–Trinajstić information content (AvgIpc) is 2.58. The van der Waals surface area contributed by atoms with Crippen molar-refractivity contribution in [2.45, 2.75) is 28.2 Å². The van der Waals surface area contributed by atoms with Gasteiger partial charge in [0.2, 0.25) is 0 Å². The number of carboxylic acid groups (broad SMARTS) is 1. The van der Waals surface area contributed by atoms with Crippen LogP contribution >= 0.6 is 28.7 Å². The van der Waals surface area contributed by atoms with E-state index in [4.69, 9.17) is 4.74 Å². The predicted octanol–water partition coefficient (Wildman–Crippen LogP) is 4.83. The van der Waals surface area contributed by atoms with Crippen LogP contribution in [0.5, 0.6) is 0 Å². The molecule has 1 aliphatic rings. The Morgan fingerprint density at radius 3 is 2.40 bits per heavy atom. The van der Waals surface area contributed by atoms with Crippen LogP contribution in [-0.2, 0) is 10.3 Å². The van der Waals surface area contributed by atoms with E-state index in [2.05, 4.69) is 5.32 Å². The molecular weight excluding hydrogens is 409 g/mol. The molecule has 1 aliphatic heterocycles. The van der Waals surface area contributed by atoms with Gasteiger partial charge in [-0.25, -0.2) is 9.18 Å². The highest BCUT2D eigenvalue weighted by atomic mass is 79.9. The quantitative estimate of drug-likeness (QED) is 0.684. The van der Waals surface area contributed by atoms with E-state index in [1.807, 2.05) is 24.3 Å². The summed E-state index contributed by atoms with van der Waals surface area (Å²) in [6.07, 6.45) is -0.0980. The van der Waals surface area contributed by atoms with Gasteiger partial charge in [-0.3, -0.25) is 0 Å². The fourth-order valence-electron chi connectivity index (χ4n) is 2.99. The molecule has 0 unspecified atom stereocenters. The molecule has 0 aromatic heterocycles. The van der Waals surface area contributed by atoms with Crippen LogP contribution in [-0.4, -0.2) is 24.4 Å². The van der Waals surface area contributed by atoms with Crippen LogP contribution in [0.4, 0.5) is 9.18 Å². The summed E-state index contributed by atoms with van der Waals surface area (Å²) in [6, 6.07) is 13.9. The molecule has 0 amide bonds. The lowest BCUT2D eigenvalue weighted by Gasteiger charge is -2.37. The van der Waals surface area contributed by atoms with Crippen molar-refractivity contribution in [1.29, 1.82) is 0 Å². The first kappa shape index (κ1) is 19.8. The van der Waals surface area contributed by atoms with Crippen molar-refractivity contribution in [2.24, 2.45) is 0 Å². The number of carbonyl (C=O) groups is 1. The van der Waals surface area contributed by atoms with Crippen LogP contribution in [0.1, 0.15) is 18.4 Å². The number of rotatable bonds is 4. The zero-order valence-corrected chi connectivity index (χ0v) is 15.9. The number of piperidine rings is 1. The van der Waals surface area contributed by atoms with E-state index in [1.54, 1.807) is 12.1 Å². The molecule has 2 aromatic rings. The Hall–Kier alpha value is -1.57. The van der Waals surface area contributed by atoms with Crippen molar-refractivity contribution in [1.82, 2.24) is 5.32 Å². The maximum atomic E-state index is 13.1. The maximum absolute atomic E-state index is 13.1. The monoisotopic (exact) mass is 427 g/mol. The van der Waals surface area contributed by atoms with Gasteiger partial charge < -0.3 is 15.2 Å². The standard InChI is InChI=1S/C18H18FNO3S.BrH/c19-13-5-7-14(8-6-13)24-16-4-2-1-3-15(16)18(23-17(21)22)9-11-20-12-10-18;/h1-8,20H,9-12H2,(H,21,22);1H. The molecule has 0 spiro atoms. The molecule has 7 heteroatoms. The lowest BCUT2D eigenvalue weighted by atomic mass is 9.84. The third kappa shape index (κ3) is 4.74. The minimum absolute atomic E-state index is 0. The van der Waals surface area contributed by atoms with Gasteiger partial charge in [0.05, 0.1) is 0 Å². The number of halogens is 2. The first-order chi connectivity index (χ1) is 11.6. The molecule has 0 saturated carbocycles. The van der Waals surface area contributed by atoms with Crippen LogP contribution in [0, 0.1) is 5.82 Å². The summed E-state index contributed by atoms with van der Waals surface area (Å²) in [5.41, 5.74) is 0.0176. The fourth-order valence-corrected chi connectivity index (χ4v) is 4.02. The molecule has 0 bridgehead atoms. The predicted molar refractivity (Wildman–Crippen MR) is 100 cm³/mol. The number of ether oxygens (including phenoxy) is 1. The number of hydrogen-bond acceptors (Lipinski definition) is 4. The Balaban J connectivity index is 0.00000225.